The van der Waals surface area contributed by atoms with E-state index in [-0.39, 0.29) is 28.9 Å². The summed E-state index contributed by atoms with van der Waals surface area (Å²) in [5.74, 6) is -0.0311. The van der Waals surface area contributed by atoms with Gasteiger partial charge >= 0.3 is 0 Å². The molecule has 2 fully saturated rings. The SMILES string of the molecule is C[C@@H]1CN(C(=O)c2cnc3sccn3c2=O)C[C@@]1(O)C1CCC1. The number of amides is 1. The van der Waals surface area contributed by atoms with Crippen molar-refractivity contribution in [2.45, 2.75) is 31.8 Å². The van der Waals surface area contributed by atoms with Crippen molar-refractivity contribution >= 4 is 22.2 Å². The monoisotopic (exact) mass is 333 g/mol. The van der Waals surface area contributed by atoms with Crippen LogP contribution < -0.4 is 5.56 Å². The summed E-state index contributed by atoms with van der Waals surface area (Å²) in [7, 11) is 0. The molecule has 1 amide bonds. The van der Waals surface area contributed by atoms with Gasteiger partial charge in [-0.05, 0) is 18.8 Å². The van der Waals surface area contributed by atoms with E-state index < -0.39 is 5.60 Å². The number of nitrogens with zero attached hydrogens (tertiary/aromatic N) is 3. The Morgan fingerprint density at radius 2 is 2.26 bits per heavy atom. The molecule has 3 heterocycles. The maximum atomic E-state index is 12.8. The van der Waals surface area contributed by atoms with Crippen molar-refractivity contribution in [2.24, 2.45) is 11.8 Å². The summed E-state index contributed by atoms with van der Waals surface area (Å²) in [5, 5.41) is 12.7. The molecule has 6 nitrogen and oxygen atoms in total. The Kier molecular flexibility index (Phi) is 3.32. The fraction of sp³-hybridized carbons (Fsp3) is 0.562. The topological polar surface area (TPSA) is 74.9 Å². The number of β-amino-alcohol motifs (C(OH)–C–C–N with tert-alkyl or cyclic N) is 1. The zero-order valence-corrected chi connectivity index (χ0v) is 13.8. The highest BCUT2D eigenvalue weighted by atomic mass is 32.1. The molecule has 1 N–H and O–H groups in total. The molecule has 0 spiro atoms. The van der Waals surface area contributed by atoms with E-state index in [9.17, 15) is 14.7 Å². The van der Waals surface area contributed by atoms with Gasteiger partial charge in [-0.3, -0.25) is 14.0 Å². The summed E-state index contributed by atoms with van der Waals surface area (Å²) in [4.78, 5) is 31.6. The van der Waals surface area contributed by atoms with Crippen molar-refractivity contribution in [2.75, 3.05) is 13.1 Å². The van der Waals surface area contributed by atoms with Crippen molar-refractivity contribution in [1.29, 1.82) is 0 Å². The summed E-state index contributed by atoms with van der Waals surface area (Å²) >= 11 is 1.36. The van der Waals surface area contributed by atoms with Gasteiger partial charge in [-0.2, -0.15) is 0 Å². The first-order valence-corrected chi connectivity index (χ1v) is 8.85. The minimum atomic E-state index is -0.815. The number of hydrogen-bond donors (Lipinski definition) is 1. The van der Waals surface area contributed by atoms with Crippen molar-refractivity contribution in [3.8, 4) is 0 Å². The first-order valence-electron chi connectivity index (χ1n) is 7.97. The van der Waals surface area contributed by atoms with E-state index in [4.69, 9.17) is 0 Å². The molecule has 2 aliphatic rings. The fourth-order valence-electron chi connectivity index (χ4n) is 3.75. The third-order valence-electron chi connectivity index (χ3n) is 5.46. The summed E-state index contributed by atoms with van der Waals surface area (Å²) in [6.45, 7) is 2.78. The molecule has 0 unspecified atom stereocenters. The number of aliphatic hydroxyl groups is 1. The molecule has 4 rings (SSSR count). The van der Waals surface area contributed by atoms with Crippen LogP contribution in [0, 0.1) is 11.8 Å². The van der Waals surface area contributed by atoms with Crippen LogP contribution in [0.15, 0.2) is 22.6 Å². The van der Waals surface area contributed by atoms with Gasteiger partial charge in [0.05, 0.1) is 12.1 Å². The third kappa shape index (κ3) is 2.14. The number of carbonyl (C=O) groups is 1. The second-order valence-electron chi connectivity index (χ2n) is 6.74. The molecule has 0 aromatic carbocycles. The van der Waals surface area contributed by atoms with Gasteiger partial charge in [0.1, 0.15) is 5.56 Å². The maximum Gasteiger partial charge on any atom is 0.271 e. The smallest absolute Gasteiger partial charge is 0.271 e. The lowest BCUT2D eigenvalue weighted by atomic mass is 9.69. The number of thiazole rings is 1. The van der Waals surface area contributed by atoms with E-state index in [1.165, 1.54) is 21.9 Å². The van der Waals surface area contributed by atoms with E-state index >= 15 is 0 Å². The van der Waals surface area contributed by atoms with Crippen LogP contribution in [0.4, 0.5) is 0 Å². The molecule has 2 aromatic heterocycles. The molecule has 2 aromatic rings. The summed E-state index contributed by atoms with van der Waals surface area (Å²) in [6, 6.07) is 0. The highest BCUT2D eigenvalue weighted by Gasteiger charge is 2.51. The molecular formula is C16H19N3O3S. The van der Waals surface area contributed by atoms with E-state index in [2.05, 4.69) is 4.98 Å². The van der Waals surface area contributed by atoms with E-state index in [1.807, 2.05) is 6.92 Å². The first-order chi connectivity index (χ1) is 11.0. The van der Waals surface area contributed by atoms with Crippen LogP contribution in [0.5, 0.6) is 0 Å². The van der Waals surface area contributed by atoms with Crippen LogP contribution in [0.25, 0.3) is 4.96 Å². The standard InChI is InChI=1S/C16H19N3O3S/c1-10-8-18(9-16(10,22)11-3-2-4-11)13(20)12-7-17-15-19(14(12)21)5-6-23-15/h5-7,10-11,22H,2-4,8-9H2,1H3/t10-,16+/m1/s1. The fourth-order valence-corrected chi connectivity index (χ4v) is 4.43. The highest BCUT2D eigenvalue weighted by Crippen LogP contribution is 2.44. The average Bonchev–Trinajstić information content (AvgIpc) is 3.03. The summed E-state index contributed by atoms with van der Waals surface area (Å²) < 4.78 is 1.40. The van der Waals surface area contributed by atoms with Crippen LogP contribution in [0.1, 0.15) is 36.5 Å². The second kappa shape index (κ2) is 5.14. The summed E-state index contributed by atoms with van der Waals surface area (Å²) in [5.41, 5.74) is -1.08. The van der Waals surface area contributed by atoms with Crippen molar-refractivity contribution in [3.63, 3.8) is 0 Å². The lowest BCUT2D eigenvalue weighted by Crippen LogP contribution is -2.48. The van der Waals surface area contributed by atoms with Crippen LogP contribution in [0.2, 0.25) is 0 Å². The molecule has 1 saturated heterocycles. The molecule has 23 heavy (non-hydrogen) atoms. The number of hydrogen-bond acceptors (Lipinski definition) is 5. The molecule has 1 saturated carbocycles. The number of carbonyl (C=O) groups excluding carboxylic acids is 1. The minimum absolute atomic E-state index is 0.0253. The minimum Gasteiger partial charge on any atom is -0.387 e. The largest absolute Gasteiger partial charge is 0.387 e. The highest BCUT2D eigenvalue weighted by molar-refractivity contribution is 7.15. The van der Waals surface area contributed by atoms with Gasteiger partial charge in [0.2, 0.25) is 0 Å². The van der Waals surface area contributed by atoms with Crippen LogP contribution in [-0.4, -0.2) is 44.0 Å². The Balaban J connectivity index is 1.64. The Bertz CT molecular complexity index is 825. The predicted octanol–water partition coefficient (Wildman–Crippen LogP) is 1.38. The van der Waals surface area contributed by atoms with E-state index in [0.717, 1.165) is 19.3 Å². The molecule has 0 bridgehead atoms. The Morgan fingerprint density at radius 3 is 2.96 bits per heavy atom. The quantitative estimate of drug-likeness (QED) is 0.901. The van der Waals surface area contributed by atoms with E-state index in [1.54, 1.807) is 16.5 Å². The van der Waals surface area contributed by atoms with Gasteiger partial charge in [-0.25, -0.2) is 4.98 Å². The van der Waals surface area contributed by atoms with Gasteiger partial charge < -0.3 is 10.0 Å². The Hall–Kier alpha value is -1.73. The zero-order valence-electron chi connectivity index (χ0n) is 12.9. The van der Waals surface area contributed by atoms with Gasteiger partial charge in [0, 0.05) is 30.2 Å². The average molecular weight is 333 g/mol. The molecule has 0 radical (unpaired) electrons. The number of aromatic nitrogens is 2. The zero-order chi connectivity index (χ0) is 16.2. The molecular weight excluding hydrogens is 314 g/mol. The van der Waals surface area contributed by atoms with E-state index in [0.29, 0.717) is 18.1 Å². The maximum absolute atomic E-state index is 12.8. The molecule has 7 heteroatoms. The molecule has 122 valence electrons. The predicted molar refractivity (Wildman–Crippen MR) is 86.7 cm³/mol. The number of rotatable bonds is 2. The lowest BCUT2D eigenvalue weighted by Gasteiger charge is -2.41. The summed E-state index contributed by atoms with van der Waals surface area (Å²) in [6.07, 6.45) is 6.18. The van der Waals surface area contributed by atoms with Crippen molar-refractivity contribution < 1.29 is 9.90 Å². The Labute approximate surface area is 137 Å². The molecule has 2 atom stereocenters. The normalized spacial score (nSPS) is 28.3. The molecule has 1 aliphatic heterocycles. The van der Waals surface area contributed by atoms with Crippen molar-refractivity contribution in [1.82, 2.24) is 14.3 Å². The van der Waals surface area contributed by atoms with Crippen LogP contribution in [0.3, 0.4) is 0 Å². The van der Waals surface area contributed by atoms with Gasteiger partial charge in [-0.1, -0.05) is 13.3 Å². The second-order valence-corrected chi connectivity index (χ2v) is 7.61. The third-order valence-corrected chi connectivity index (χ3v) is 6.23. The van der Waals surface area contributed by atoms with Gasteiger partial charge in [0.25, 0.3) is 11.5 Å². The number of likely N-dealkylation sites (tertiary alicyclic amines) is 1. The van der Waals surface area contributed by atoms with Gasteiger partial charge in [0.15, 0.2) is 4.96 Å². The van der Waals surface area contributed by atoms with Gasteiger partial charge in [-0.15, -0.1) is 11.3 Å². The number of fused-ring (bicyclic) bond motifs is 1. The molecule has 1 aliphatic carbocycles. The van der Waals surface area contributed by atoms with Crippen molar-refractivity contribution in [3.05, 3.63) is 33.7 Å². The lowest BCUT2D eigenvalue weighted by molar-refractivity contribution is -0.0660. The van der Waals surface area contributed by atoms with Crippen LogP contribution >= 0.6 is 11.3 Å². The first kappa shape index (κ1) is 14.8. The Morgan fingerprint density at radius 1 is 1.48 bits per heavy atom. The van der Waals surface area contributed by atoms with Crippen LogP contribution in [-0.2, 0) is 0 Å².